The van der Waals surface area contributed by atoms with Crippen molar-refractivity contribution in [2.75, 3.05) is 6.54 Å². The van der Waals surface area contributed by atoms with Crippen molar-refractivity contribution in [2.24, 2.45) is 0 Å². The summed E-state index contributed by atoms with van der Waals surface area (Å²) in [5, 5.41) is 11.5. The molecule has 6 nitrogen and oxygen atoms in total. The van der Waals surface area contributed by atoms with Gasteiger partial charge in [0.25, 0.3) is 11.6 Å². The number of hydrogen-bond donors (Lipinski definition) is 1. The molecule has 0 aliphatic carbocycles. The van der Waals surface area contributed by atoms with Crippen LogP contribution in [-0.2, 0) is 0 Å². The topological polar surface area (TPSA) is 85.1 Å². The van der Waals surface area contributed by atoms with Crippen molar-refractivity contribution >= 4 is 23.2 Å². The van der Waals surface area contributed by atoms with Crippen LogP contribution in [0.25, 0.3) is 0 Å². The van der Waals surface area contributed by atoms with E-state index in [1.54, 1.807) is 0 Å². The summed E-state index contributed by atoms with van der Waals surface area (Å²) in [4.78, 5) is 24.4. The molecule has 20 heavy (non-hydrogen) atoms. The van der Waals surface area contributed by atoms with Gasteiger partial charge in [-0.05, 0) is 0 Å². The Hall–Kier alpha value is -1.97. The highest BCUT2D eigenvalue weighted by molar-refractivity contribution is 6.32. The van der Waals surface area contributed by atoms with Crippen molar-refractivity contribution in [2.45, 2.75) is 12.3 Å². The number of amides is 1. The van der Waals surface area contributed by atoms with E-state index >= 15 is 0 Å². The fourth-order valence-corrected chi connectivity index (χ4v) is 1.26. The Kier molecular flexibility index (Phi) is 4.82. The number of rotatable bonds is 5. The van der Waals surface area contributed by atoms with Crippen LogP contribution in [0.5, 0.6) is 0 Å². The van der Waals surface area contributed by atoms with E-state index in [1.807, 2.05) is 0 Å². The lowest BCUT2D eigenvalue weighted by Crippen LogP contribution is -2.41. The number of nitro groups is 1. The van der Waals surface area contributed by atoms with E-state index < -0.39 is 46.1 Å². The summed E-state index contributed by atoms with van der Waals surface area (Å²) in [5.74, 6) is -5.69. The average molecular weight is 316 g/mol. The fourth-order valence-electron chi connectivity index (χ4n) is 1.07. The molecule has 0 saturated carbocycles. The molecule has 11 heteroatoms. The van der Waals surface area contributed by atoms with Crippen LogP contribution in [-0.4, -0.2) is 34.7 Å². The lowest BCUT2D eigenvalue weighted by atomic mass is 10.2. The van der Waals surface area contributed by atoms with Gasteiger partial charge in [-0.1, -0.05) is 11.6 Å². The van der Waals surface area contributed by atoms with E-state index in [1.165, 1.54) is 5.32 Å². The van der Waals surface area contributed by atoms with Crippen LogP contribution in [0.4, 0.5) is 23.2 Å². The Balaban J connectivity index is 2.88. The van der Waals surface area contributed by atoms with Gasteiger partial charge >= 0.3 is 12.3 Å². The van der Waals surface area contributed by atoms with E-state index in [9.17, 15) is 32.5 Å². The normalized spacial score (nSPS) is 11.5. The zero-order chi connectivity index (χ0) is 15.5. The maximum Gasteiger partial charge on any atom is 0.324 e. The Morgan fingerprint density at radius 2 is 2.15 bits per heavy atom. The van der Waals surface area contributed by atoms with Gasteiger partial charge in [-0.25, -0.2) is 13.8 Å². The summed E-state index contributed by atoms with van der Waals surface area (Å²) in [6.45, 7) is -1.64. The van der Waals surface area contributed by atoms with E-state index in [4.69, 9.17) is 11.6 Å². The van der Waals surface area contributed by atoms with Gasteiger partial charge in [-0.2, -0.15) is 8.78 Å². The second-order valence-corrected chi connectivity index (χ2v) is 3.89. The van der Waals surface area contributed by atoms with Crippen molar-refractivity contribution in [3.8, 4) is 0 Å². The van der Waals surface area contributed by atoms with Gasteiger partial charge in [0.05, 0.1) is 17.0 Å². The predicted molar refractivity (Wildman–Crippen MR) is 59.2 cm³/mol. The molecule has 0 spiro atoms. The minimum Gasteiger partial charge on any atom is -0.346 e. The largest absolute Gasteiger partial charge is 0.346 e. The Bertz CT molecular complexity index is 541. The van der Waals surface area contributed by atoms with Crippen molar-refractivity contribution in [3.63, 3.8) is 0 Å². The predicted octanol–water partition coefficient (Wildman–Crippen LogP) is 2.27. The lowest BCUT2D eigenvalue weighted by Gasteiger charge is -2.15. The van der Waals surface area contributed by atoms with Crippen LogP contribution in [0.15, 0.2) is 12.3 Å². The smallest absolute Gasteiger partial charge is 0.324 e. The third kappa shape index (κ3) is 3.76. The van der Waals surface area contributed by atoms with E-state index in [0.717, 1.165) is 6.20 Å². The third-order valence-electron chi connectivity index (χ3n) is 2.08. The molecule has 0 fully saturated rings. The fraction of sp³-hybridized carbons (Fsp3) is 0.333. The van der Waals surface area contributed by atoms with Gasteiger partial charge in [0.2, 0.25) is 0 Å². The molecule has 0 atom stereocenters. The molecule has 0 radical (unpaired) electrons. The second-order valence-electron chi connectivity index (χ2n) is 3.53. The van der Waals surface area contributed by atoms with Crippen LogP contribution in [0.3, 0.4) is 0 Å². The molecule has 0 aliphatic heterocycles. The van der Waals surface area contributed by atoms with Crippen LogP contribution < -0.4 is 5.32 Å². The summed E-state index contributed by atoms with van der Waals surface area (Å²) >= 11 is 5.48. The number of alkyl halides is 4. The lowest BCUT2D eigenvalue weighted by molar-refractivity contribution is -0.385. The van der Waals surface area contributed by atoms with Crippen molar-refractivity contribution in [1.82, 2.24) is 10.3 Å². The molecule has 1 amide bonds. The Morgan fingerprint density at radius 1 is 1.55 bits per heavy atom. The van der Waals surface area contributed by atoms with E-state index in [0.29, 0.717) is 6.07 Å². The number of nitrogens with one attached hydrogen (secondary N) is 1. The van der Waals surface area contributed by atoms with Crippen molar-refractivity contribution in [1.29, 1.82) is 0 Å². The number of carbonyl (C=O) groups excluding carboxylic acids is 1. The van der Waals surface area contributed by atoms with Gasteiger partial charge < -0.3 is 5.32 Å². The maximum absolute atomic E-state index is 12.6. The summed E-state index contributed by atoms with van der Waals surface area (Å²) in [6.07, 6.45) is -3.20. The standard InChI is InChI=1S/C9H6ClF4N3O3/c10-6-5(1-4(2-15-6)17(19)20)7(18)16-3-9(13,14)8(11)12/h1-2,8H,3H2,(H,16,18). The van der Waals surface area contributed by atoms with E-state index in [-0.39, 0.29) is 0 Å². The minimum atomic E-state index is -4.42. The third-order valence-corrected chi connectivity index (χ3v) is 2.39. The molecular weight excluding hydrogens is 310 g/mol. The highest BCUT2D eigenvalue weighted by Gasteiger charge is 2.41. The van der Waals surface area contributed by atoms with Crippen molar-refractivity contribution < 1.29 is 27.3 Å². The number of pyridine rings is 1. The molecule has 1 N–H and O–H groups in total. The second kappa shape index (κ2) is 5.99. The van der Waals surface area contributed by atoms with Gasteiger partial charge in [0, 0.05) is 6.07 Å². The molecule has 0 bridgehead atoms. The molecule has 1 rings (SSSR count). The monoisotopic (exact) mass is 315 g/mol. The molecule has 0 saturated heterocycles. The first kappa shape index (κ1) is 16.1. The molecule has 1 aromatic heterocycles. The van der Waals surface area contributed by atoms with Gasteiger partial charge in [0.15, 0.2) is 0 Å². The van der Waals surface area contributed by atoms with E-state index in [2.05, 4.69) is 4.98 Å². The Labute approximate surface area is 113 Å². The van der Waals surface area contributed by atoms with Crippen LogP contribution in [0.1, 0.15) is 10.4 Å². The highest BCUT2D eigenvalue weighted by atomic mass is 35.5. The highest BCUT2D eigenvalue weighted by Crippen LogP contribution is 2.23. The summed E-state index contributed by atoms with van der Waals surface area (Å²) < 4.78 is 49.0. The molecule has 0 aromatic carbocycles. The zero-order valence-electron chi connectivity index (χ0n) is 9.45. The van der Waals surface area contributed by atoms with Gasteiger partial charge in [-0.3, -0.25) is 14.9 Å². The van der Waals surface area contributed by atoms with Crippen LogP contribution in [0.2, 0.25) is 5.15 Å². The van der Waals surface area contributed by atoms with Gasteiger partial charge in [0.1, 0.15) is 11.3 Å². The molecule has 0 unspecified atom stereocenters. The Morgan fingerprint density at radius 3 is 2.65 bits per heavy atom. The number of halogens is 5. The minimum absolute atomic E-state index is 0.478. The maximum atomic E-state index is 12.6. The summed E-state index contributed by atoms with van der Waals surface area (Å²) in [7, 11) is 0. The quantitative estimate of drug-likeness (QED) is 0.391. The molecule has 110 valence electrons. The summed E-state index contributed by atoms with van der Waals surface area (Å²) in [5.41, 5.74) is -1.16. The first-order valence-corrected chi connectivity index (χ1v) is 5.27. The zero-order valence-corrected chi connectivity index (χ0v) is 10.2. The number of carbonyl (C=O) groups is 1. The first-order valence-electron chi connectivity index (χ1n) is 4.89. The van der Waals surface area contributed by atoms with Crippen LogP contribution >= 0.6 is 11.6 Å². The molecule has 1 aromatic rings. The average Bonchev–Trinajstić information content (AvgIpc) is 2.36. The number of aromatic nitrogens is 1. The summed E-state index contributed by atoms with van der Waals surface area (Å²) in [6, 6.07) is 0.700. The molecule has 0 aliphatic rings. The van der Waals surface area contributed by atoms with Crippen LogP contribution in [0, 0.1) is 10.1 Å². The molecular formula is C9H6ClF4N3O3. The van der Waals surface area contributed by atoms with Crippen molar-refractivity contribution in [3.05, 3.63) is 33.1 Å². The first-order chi connectivity index (χ1) is 9.15. The SMILES string of the molecule is O=C(NCC(F)(F)C(F)F)c1cc([N+](=O)[O-])cnc1Cl. The number of hydrogen-bond acceptors (Lipinski definition) is 4. The number of nitrogens with zero attached hydrogens (tertiary/aromatic N) is 2. The molecule has 1 heterocycles. The van der Waals surface area contributed by atoms with Gasteiger partial charge in [-0.15, -0.1) is 0 Å².